The lowest BCUT2D eigenvalue weighted by Gasteiger charge is -2.07. The molecule has 160 valence electrons. The van der Waals surface area contributed by atoms with Crippen LogP contribution in [-0.2, 0) is 11.3 Å². The molecule has 5 aromatic rings. The van der Waals surface area contributed by atoms with Gasteiger partial charge in [0.05, 0.1) is 11.3 Å². The van der Waals surface area contributed by atoms with Gasteiger partial charge in [-0.1, -0.05) is 72.8 Å². The van der Waals surface area contributed by atoms with E-state index in [0.717, 1.165) is 10.1 Å². The number of hydrogen-bond acceptors (Lipinski definition) is 4. The number of fused-ring (bicyclic) bond motifs is 3. The summed E-state index contributed by atoms with van der Waals surface area (Å²) < 4.78 is 6.54. The number of nitrogens with zero attached hydrogens (tertiary/aromatic N) is 1. The monoisotopic (exact) mass is 433 g/mol. The first-order chi connectivity index (χ1) is 16.1. The molecule has 0 saturated heterocycles. The summed E-state index contributed by atoms with van der Waals surface area (Å²) in [5.41, 5.74) is 0.553. The van der Waals surface area contributed by atoms with Crippen LogP contribution in [0.5, 0.6) is 0 Å². The number of benzene rings is 4. The van der Waals surface area contributed by atoms with E-state index in [2.05, 4.69) is 0 Å². The van der Waals surface area contributed by atoms with E-state index >= 15 is 0 Å². The Morgan fingerprint density at radius 3 is 1.79 bits per heavy atom. The van der Waals surface area contributed by atoms with E-state index in [-0.39, 0.29) is 12.2 Å². The van der Waals surface area contributed by atoms with Crippen LogP contribution in [0.25, 0.3) is 27.2 Å². The Bertz CT molecular complexity index is 1550. The highest BCUT2D eigenvalue weighted by molar-refractivity contribution is 6.05. The van der Waals surface area contributed by atoms with E-state index in [1.165, 1.54) is 6.07 Å². The van der Waals surface area contributed by atoms with Gasteiger partial charge in [0.1, 0.15) is 6.61 Å². The molecule has 0 radical (unpaired) electrons. The van der Waals surface area contributed by atoms with Gasteiger partial charge in [0.2, 0.25) is 0 Å². The molecule has 5 rings (SSSR count). The minimum Gasteiger partial charge on any atom is -0.457 e. The Morgan fingerprint density at radius 1 is 0.636 bits per heavy atom. The Morgan fingerprint density at radius 2 is 1.18 bits per heavy atom. The lowest BCUT2D eigenvalue weighted by Crippen LogP contribution is -2.28. The van der Waals surface area contributed by atoms with Crippen LogP contribution in [0.3, 0.4) is 0 Å². The van der Waals surface area contributed by atoms with Crippen molar-refractivity contribution >= 4 is 27.5 Å². The fourth-order valence-electron chi connectivity index (χ4n) is 3.96. The number of ether oxygens (including phenoxy) is 1. The Kier molecular flexibility index (Phi) is 5.29. The zero-order valence-corrected chi connectivity index (χ0v) is 17.6. The highest BCUT2D eigenvalue weighted by Crippen LogP contribution is 2.20. The molecule has 4 aromatic carbocycles. The largest absolute Gasteiger partial charge is 0.457 e. The van der Waals surface area contributed by atoms with Crippen molar-refractivity contribution in [1.29, 1.82) is 0 Å². The molecule has 0 N–H and O–H groups in total. The third kappa shape index (κ3) is 3.81. The van der Waals surface area contributed by atoms with Crippen LogP contribution >= 0.6 is 0 Å². The van der Waals surface area contributed by atoms with E-state index < -0.39 is 17.1 Å². The zero-order valence-electron chi connectivity index (χ0n) is 17.6. The molecule has 0 aliphatic heterocycles. The highest BCUT2D eigenvalue weighted by Gasteiger charge is 2.14. The third-order valence-corrected chi connectivity index (χ3v) is 5.56. The van der Waals surface area contributed by atoms with Gasteiger partial charge in [-0.3, -0.25) is 9.59 Å². The standard InChI is InChI=1S/C28H19NO4/c30-26-24-15-6-4-13-22(24)23-14-5-7-16-25(23)27(31)29(26)21-12-8-11-20(17-21)28(32)33-18-19-9-2-1-3-10-19/h1-17H,18H2. The second-order valence-corrected chi connectivity index (χ2v) is 7.65. The topological polar surface area (TPSA) is 65.4 Å². The molecule has 0 saturated carbocycles. The smallest absolute Gasteiger partial charge is 0.338 e. The van der Waals surface area contributed by atoms with Crippen molar-refractivity contribution < 1.29 is 9.53 Å². The molecule has 5 heteroatoms. The molecule has 5 nitrogen and oxygen atoms in total. The van der Waals surface area contributed by atoms with E-state index in [4.69, 9.17) is 4.74 Å². The van der Waals surface area contributed by atoms with Gasteiger partial charge in [0, 0.05) is 10.8 Å². The van der Waals surface area contributed by atoms with Crippen LogP contribution in [0.1, 0.15) is 15.9 Å². The number of hydrogen-bond donors (Lipinski definition) is 0. The Balaban J connectivity index is 1.65. The maximum Gasteiger partial charge on any atom is 0.338 e. The molecule has 0 atom stereocenters. The predicted octanol–water partition coefficient (Wildman–Crippen LogP) is 4.86. The van der Waals surface area contributed by atoms with Gasteiger partial charge in [-0.2, -0.15) is 0 Å². The van der Waals surface area contributed by atoms with E-state index in [1.807, 2.05) is 54.6 Å². The summed E-state index contributed by atoms with van der Waals surface area (Å²) in [6.07, 6.45) is 0. The van der Waals surface area contributed by atoms with Crippen LogP contribution in [0.4, 0.5) is 0 Å². The van der Waals surface area contributed by atoms with Crippen molar-refractivity contribution in [2.45, 2.75) is 6.61 Å². The summed E-state index contributed by atoms with van der Waals surface area (Å²) in [6, 6.07) is 30.1. The first kappa shape index (κ1) is 20.4. The van der Waals surface area contributed by atoms with Gasteiger partial charge in [-0.15, -0.1) is 0 Å². The summed E-state index contributed by atoms with van der Waals surface area (Å²) in [5.74, 6) is -0.531. The molecule has 0 unspecified atom stereocenters. The van der Waals surface area contributed by atoms with Crippen LogP contribution in [-0.4, -0.2) is 10.5 Å². The first-order valence-corrected chi connectivity index (χ1v) is 10.5. The van der Waals surface area contributed by atoms with Crippen LogP contribution in [0.2, 0.25) is 0 Å². The molecule has 33 heavy (non-hydrogen) atoms. The SMILES string of the molecule is O=C(OCc1ccccc1)c1cccc(-n2c(=O)c3ccccc3c3ccccc3c2=O)c1. The minimum absolute atomic E-state index is 0.131. The quantitative estimate of drug-likeness (QED) is 0.380. The molecule has 0 aliphatic carbocycles. The number of aromatic nitrogens is 1. The first-order valence-electron chi connectivity index (χ1n) is 10.5. The number of rotatable bonds is 4. The lowest BCUT2D eigenvalue weighted by atomic mass is 10.1. The normalized spacial score (nSPS) is 10.9. The molecule has 0 aliphatic rings. The van der Waals surface area contributed by atoms with Crippen molar-refractivity contribution in [2.24, 2.45) is 0 Å². The van der Waals surface area contributed by atoms with Gasteiger partial charge in [-0.25, -0.2) is 9.36 Å². The average Bonchev–Trinajstić information content (AvgIpc) is 2.96. The molecule has 0 fully saturated rings. The Hall–Kier alpha value is -4.51. The Labute approximate surface area is 189 Å². The maximum absolute atomic E-state index is 13.5. The van der Waals surface area contributed by atoms with Crippen LogP contribution in [0.15, 0.2) is 113 Å². The van der Waals surface area contributed by atoms with Crippen molar-refractivity contribution in [3.63, 3.8) is 0 Å². The van der Waals surface area contributed by atoms with Crippen molar-refractivity contribution in [2.75, 3.05) is 0 Å². The zero-order chi connectivity index (χ0) is 22.8. The van der Waals surface area contributed by atoms with Gasteiger partial charge in [-0.05, 0) is 46.7 Å². The number of carbonyl (C=O) groups is 1. The maximum atomic E-state index is 13.5. The van der Waals surface area contributed by atoms with Crippen molar-refractivity contribution in [1.82, 2.24) is 4.57 Å². The second-order valence-electron chi connectivity index (χ2n) is 7.65. The second kappa shape index (κ2) is 8.55. The summed E-state index contributed by atoms with van der Waals surface area (Å²) >= 11 is 0. The summed E-state index contributed by atoms with van der Waals surface area (Å²) in [5, 5.41) is 2.25. The van der Waals surface area contributed by atoms with Crippen molar-refractivity contribution in [3.05, 3.63) is 135 Å². The fraction of sp³-hybridized carbons (Fsp3) is 0.0357. The van der Waals surface area contributed by atoms with E-state index in [1.54, 1.807) is 42.5 Å². The molecule has 0 amide bonds. The minimum atomic E-state index is -0.531. The summed E-state index contributed by atoms with van der Waals surface area (Å²) in [6.45, 7) is 0.131. The van der Waals surface area contributed by atoms with Crippen molar-refractivity contribution in [3.8, 4) is 5.69 Å². The molecule has 0 bridgehead atoms. The van der Waals surface area contributed by atoms with Crippen LogP contribution < -0.4 is 11.1 Å². The van der Waals surface area contributed by atoms with E-state index in [9.17, 15) is 14.4 Å². The van der Waals surface area contributed by atoms with Gasteiger partial charge in [0.25, 0.3) is 11.1 Å². The lowest BCUT2D eigenvalue weighted by molar-refractivity contribution is 0.0472. The number of carbonyl (C=O) groups excluding carboxylic acids is 1. The van der Waals surface area contributed by atoms with Crippen LogP contribution in [0, 0.1) is 0 Å². The summed E-state index contributed by atoms with van der Waals surface area (Å²) in [7, 11) is 0. The molecule has 1 aromatic heterocycles. The highest BCUT2D eigenvalue weighted by atomic mass is 16.5. The van der Waals surface area contributed by atoms with Gasteiger partial charge >= 0.3 is 5.97 Å². The number of esters is 1. The molecular weight excluding hydrogens is 414 g/mol. The molecule has 0 spiro atoms. The molecular formula is C28H19NO4. The van der Waals surface area contributed by atoms with Gasteiger partial charge < -0.3 is 4.74 Å². The summed E-state index contributed by atoms with van der Waals surface area (Å²) in [4.78, 5) is 39.7. The third-order valence-electron chi connectivity index (χ3n) is 5.56. The van der Waals surface area contributed by atoms with Gasteiger partial charge in [0.15, 0.2) is 0 Å². The molecule has 1 heterocycles. The average molecular weight is 433 g/mol. The predicted molar refractivity (Wildman–Crippen MR) is 129 cm³/mol. The fourth-order valence-corrected chi connectivity index (χ4v) is 3.96. The van der Waals surface area contributed by atoms with E-state index in [0.29, 0.717) is 27.2 Å².